The molecule has 1 fully saturated rings. The first-order valence-electron chi connectivity index (χ1n) is 7.26. The van der Waals surface area contributed by atoms with E-state index in [1.807, 2.05) is 0 Å². The fourth-order valence-corrected chi connectivity index (χ4v) is 4.78. The number of hydrogen-bond donors (Lipinski definition) is 1. The van der Waals surface area contributed by atoms with Gasteiger partial charge in [0.1, 0.15) is 0 Å². The molecule has 3 rings (SSSR count). The molecule has 1 heterocycles. The van der Waals surface area contributed by atoms with Gasteiger partial charge in [0, 0.05) is 11.3 Å². The first kappa shape index (κ1) is 12.6. The molecule has 1 saturated heterocycles. The van der Waals surface area contributed by atoms with Crippen molar-refractivity contribution < 1.29 is 0 Å². The van der Waals surface area contributed by atoms with Crippen LogP contribution in [0.2, 0.25) is 0 Å². The second-order valence-electron chi connectivity index (χ2n) is 5.61. The van der Waals surface area contributed by atoms with Gasteiger partial charge in [0.05, 0.1) is 0 Å². The van der Waals surface area contributed by atoms with Crippen LogP contribution in [0.5, 0.6) is 0 Å². The van der Waals surface area contributed by atoms with E-state index in [0.29, 0.717) is 6.04 Å². The third kappa shape index (κ3) is 2.60. The van der Waals surface area contributed by atoms with Crippen molar-refractivity contribution in [2.24, 2.45) is 0 Å². The Hall–Kier alpha value is -0.470. The van der Waals surface area contributed by atoms with Crippen LogP contribution in [-0.4, -0.2) is 24.1 Å². The maximum Gasteiger partial charge on any atom is 0.0223 e. The number of hydrogen-bond acceptors (Lipinski definition) is 2. The second kappa shape index (κ2) is 5.66. The lowest BCUT2D eigenvalue weighted by molar-refractivity contribution is 0.524. The van der Waals surface area contributed by atoms with E-state index in [1.54, 1.807) is 11.1 Å². The fourth-order valence-electron chi connectivity index (χ4n) is 3.35. The monoisotopic (exact) mass is 261 g/mol. The molecule has 2 aliphatic rings. The Labute approximate surface area is 115 Å². The van der Waals surface area contributed by atoms with Gasteiger partial charge >= 0.3 is 0 Å². The SMILES string of the molecule is CNC(Cc1ccc2c(c1)CCC2)C1CCCS1. The number of fused-ring (bicyclic) bond motifs is 1. The molecule has 1 aliphatic heterocycles. The molecule has 0 saturated carbocycles. The zero-order valence-electron chi connectivity index (χ0n) is 11.2. The van der Waals surface area contributed by atoms with Crippen LogP contribution >= 0.6 is 11.8 Å². The average Bonchev–Trinajstić information content (AvgIpc) is 3.06. The molecule has 0 amide bonds. The van der Waals surface area contributed by atoms with Gasteiger partial charge in [-0.05, 0) is 68.0 Å². The number of rotatable bonds is 4. The van der Waals surface area contributed by atoms with Crippen LogP contribution in [0, 0.1) is 0 Å². The van der Waals surface area contributed by atoms with E-state index in [4.69, 9.17) is 0 Å². The van der Waals surface area contributed by atoms with Gasteiger partial charge in [-0.15, -0.1) is 0 Å². The molecule has 1 aromatic rings. The van der Waals surface area contributed by atoms with Crippen LogP contribution in [-0.2, 0) is 19.3 Å². The summed E-state index contributed by atoms with van der Waals surface area (Å²) in [6, 6.07) is 7.84. The first-order valence-corrected chi connectivity index (χ1v) is 8.31. The minimum Gasteiger partial charge on any atom is -0.316 e. The summed E-state index contributed by atoms with van der Waals surface area (Å²) in [6.07, 6.45) is 7.93. The standard InChI is InChI=1S/C16H23NS/c1-17-15(16-6-3-9-18-16)11-12-7-8-13-4-2-5-14(13)10-12/h7-8,10,15-17H,2-6,9,11H2,1H3. The summed E-state index contributed by atoms with van der Waals surface area (Å²) < 4.78 is 0. The number of aryl methyl sites for hydroxylation is 2. The minimum absolute atomic E-state index is 0.650. The summed E-state index contributed by atoms with van der Waals surface area (Å²) in [5.74, 6) is 1.35. The van der Waals surface area contributed by atoms with Gasteiger partial charge in [-0.25, -0.2) is 0 Å². The molecule has 1 aliphatic carbocycles. The number of thioether (sulfide) groups is 1. The van der Waals surface area contributed by atoms with Gasteiger partial charge in [-0.1, -0.05) is 18.2 Å². The summed E-state index contributed by atoms with van der Waals surface area (Å²) in [6.45, 7) is 0. The second-order valence-corrected chi connectivity index (χ2v) is 6.95. The summed E-state index contributed by atoms with van der Waals surface area (Å²) in [5.41, 5.74) is 4.74. The molecule has 1 N–H and O–H groups in total. The largest absolute Gasteiger partial charge is 0.316 e. The lowest BCUT2D eigenvalue weighted by Crippen LogP contribution is -2.36. The highest BCUT2D eigenvalue weighted by molar-refractivity contribution is 8.00. The highest BCUT2D eigenvalue weighted by atomic mass is 32.2. The average molecular weight is 261 g/mol. The van der Waals surface area contributed by atoms with Crippen LogP contribution in [0.15, 0.2) is 18.2 Å². The van der Waals surface area contributed by atoms with Gasteiger partial charge in [0.15, 0.2) is 0 Å². The van der Waals surface area contributed by atoms with E-state index in [9.17, 15) is 0 Å². The molecule has 0 radical (unpaired) electrons. The van der Waals surface area contributed by atoms with E-state index in [2.05, 4.69) is 42.3 Å². The molecule has 2 atom stereocenters. The molecule has 0 bridgehead atoms. The van der Waals surface area contributed by atoms with E-state index in [-0.39, 0.29) is 0 Å². The molecule has 0 aromatic heterocycles. The molecule has 2 unspecified atom stereocenters. The van der Waals surface area contributed by atoms with Crippen molar-refractivity contribution in [3.05, 3.63) is 34.9 Å². The number of benzene rings is 1. The molecule has 98 valence electrons. The molecular weight excluding hydrogens is 238 g/mol. The highest BCUT2D eigenvalue weighted by Gasteiger charge is 2.24. The zero-order valence-corrected chi connectivity index (χ0v) is 12.1. The van der Waals surface area contributed by atoms with Crippen molar-refractivity contribution in [1.29, 1.82) is 0 Å². The third-order valence-electron chi connectivity index (χ3n) is 4.40. The smallest absolute Gasteiger partial charge is 0.0223 e. The van der Waals surface area contributed by atoms with Crippen molar-refractivity contribution in [2.45, 2.75) is 49.8 Å². The zero-order chi connectivity index (χ0) is 12.4. The Kier molecular flexibility index (Phi) is 3.95. The van der Waals surface area contributed by atoms with Crippen molar-refractivity contribution in [2.75, 3.05) is 12.8 Å². The number of nitrogens with one attached hydrogen (secondary N) is 1. The quantitative estimate of drug-likeness (QED) is 0.893. The highest BCUT2D eigenvalue weighted by Crippen LogP contribution is 2.30. The fraction of sp³-hybridized carbons (Fsp3) is 0.625. The van der Waals surface area contributed by atoms with Gasteiger partial charge in [0.25, 0.3) is 0 Å². The summed E-state index contributed by atoms with van der Waals surface area (Å²) in [4.78, 5) is 0. The van der Waals surface area contributed by atoms with Crippen LogP contribution in [0.4, 0.5) is 0 Å². The van der Waals surface area contributed by atoms with Gasteiger partial charge in [-0.3, -0.25) is 0 Å². The Morgan fingerprint density at radius 2 is 2.17 bits per heavy atom. The normalized spacial score (nSPS) is 24.2. The Morgan fingerprint density at radius 3 is 2.94 bits per heavy atom. The van der Waals surface area contributed by atoms with Crippen LogP contribution in [0.1, 0.15) is 36.0 Å². The van der Waals surface area contributed by atoms with Gasteiger partial charge < -0.3 is 5.32 Å². The van der Waals surface area contributed by atoms with E-state index in [0.717, 1.165) is 5.25 Å². The van der Waals surface area contributed by atoms with Crippen molar-refractivity contribution >= 4 is 11.8 Å². The van der Waals surface area contributed by atoms with Crippen molar-refractivity contribution in [3.8, 4) is 0 Å². The molecule has 18 heavy (non-hydrogen) atoms. The predicted octanol–water partition coefficient (Wildman–Crippen LogP) is 3.20. The molecule has 1 nitrogen and oxygen atoms in total. The maximum atomic E-state index is 3.54. The van der Waals surface area contributed by atoms with Crippen molar-refractivity contribution in [3.63, 3.8) is 0 Å². The lowest BCUT2D eigenvalue weighted by Gasteiger charge is -2.22. The number of likely N-dealkylation sites (N-methyl/N-ethyl adjacent to an activating group) is 1. The van der Waals surface area contributed by atoms with Crippen LogP contribution in [0.3, 0.4) is 0 Å². The summed E-state index contributed by atoms with van der Waals surface area (Å²) in [5, 5.41) is 4.36. The Morgan fingerprint density at radius 1 is 1.28 bits per heavy atom. The van der Waals surface area contributed by atoms with Crippen LogP contribution in [0.25, 0.3) is 0 Å². The maximum absolute atomic E-state index is 3.54. The molecule has 2 heteroatoms. The molecule has 1 aromatic carbocycles. The Bertz CT molecular complexity index is 410. The predicted molar refractivity (Wildman–Crippen MR) is 80.5 cm³/mol. The summed E-state index contributed by atoms with van der Waals surface area (Å²) in [7, 11) is 2.12. The summed E-state index contributed by atoms with van der Waals surface area (Å²) >= 11 is 2.16. The lowest BCUT2D eigenvalue weighted by atomic mass is 9.98. The van der Waals surface area contributed by atoms with E-state index >= 15 is 0 Å². The molecular formula is C16H23NS. The van der Waals surface area contributed by atoms with Crippen LogP contribution < -0.4 is 5.32 Å². The van der Waals surface area contributed by atoms with E-state index in [1.165, 1.54) is 49.8 Å². The molecule has 0 spiro atoms. The topological polar surface area (TPSA) is 12.0 Å². The first-order chi connectivity index (χ1) is 8.86. The third-order valence-corrected chi connectivity index (χ3v) is 5.92. The van der Waals surface area contributed by atoms with E-state index < -0.39 is 0 Å². The van der Waals surface area contributed by atoms with Gasteiger partial charge in [-0.2, -0.15) is 11.8 Å². The van der Waals surface area contributed by atoms with Crippen molar-refractivity contribution in [1.82, 2.24) is 5.32 Å². The van der Waals surface area contributed by atoms with Gasteiger partial charge in [0.2, 0.25) is 0 Å². The minimum atomic E-state index is 0.650. The Balaban J connectivity index is 1.70.